The summed E-state index contributed by atoms with van der Waals surface area (Å²) < 4.78 is 11.3. The predicted molar refractivity (Wildman–Crippen MR) is 88.4 cm³/mol. The normalized spacial score (nSPS) is 18.4. The zero-order chi connectivity index (χ0) is 15.7. The summed E-state index contributed by atoms with van der Waals surface area (Å²) in [6.07, 6.45) is 0.593. The average molecular weight is 319 g/mol. The Hall–Kier alpha value is -1.69. The highest BCUT2D eigenvalue weighted by Crippen LogP contribution is 2.27. The second-order valence-electron chi connectivity index (χ2n) is 6.71. The van der Waals surface area contributed by atoms with Crippen LogP contribution in [0.5, 0.6) is 5.75 Å². The Balaban J connectivity index is 1.72. The van der Waals surface area contributed by atoms with Gasteiger partial charge in [-0.25, -0.2) is 4.79 Å². The molecule has 3 rings (SSSR count). The highest BCUT2D eigenvalue weighted by atomic mass is 28.3. The maximum Gasteiger partial charge on any atom is 0.409 e. The molecule has 1 N–H and O–H groups in total. The van der Waals surface area contributed by atoms with Crippen molar-refractivity contribution in [1.29, 1.82) is 0 Å². The van der Waals surface area contributed by atoms with E-state index in [-0.39, 0.29) is 6.09 Å². The summed E-state index contributed by atoms with van der Waals surface area (Å²) in [6.45, 7) is 8.04. The molecule has 0 aromatic heterocycles. The van der Waals surface area contributed by atoms with Crippen molar-refractivity contribution in [3.63, 3.8) is 0 Å². The van der Waals surface area contributed by atoms with Crippen LogP contribution in [0.2, 0.25) is 6.04 Å². The highest BCUT2D eigenvalue weighted by molar-refractivity contribution is 6.75. The number of hydrogen-bond donors (Lipinski definition) is 1. The number of carbonyl (C=O) groups excluding carboxylic acids is 1. The van der Waals surface area contributed by atoms with Gasteiger partial charge in [0, 0.05) is 19.3 Å². The van der Waals surface area contributed by atoms with Crippen molar-refractivity contribution in [2.75, 3.05) is 31.2 Å². The van der Waals surface area contributed by atoms with E-state index in [0.717, 1.165) is 36.7 Å². The van der Waals surface area contributed by atoms with Gasteiger partial charge in [-0.15, -0.1) is 0 Å². The highest BCUT2D eigenvalue weighted by Gasteiger charge is 2.34. The third kappa shape index (κ3) is 3.21. The quantitative estimate of drug-likeness (QED) is 0.804. The van der Waals surface area contributed by atoms with E-state index in [0.29, 0.717) is 6.61 Å². The van der Waals surface area contributed by atoms with Gasteiger partial charge in [-0.1, -0.05) is 12.1 Å². The molecule has 0 spiro atoms. The smallest absolute Gasteiger partial charge is 0.409 e. The Labute approximate surface area is 133 Å². The molecular weight excluding hydrogens is 296 g/mol. The molecule has 0 unspecified atom stereocenters. The zero-order valence-corrected chi connectivity index (χ0v) is 14.4. The van der Waals surface area contributed by atoms with E-state index in [1.54, 1.807) is 0 Å². The number of rotatable bonds is 1. The molecule has 2 aliphatic heterocycles. The number of nitrogens with one attached hydrogen (secondary N) is 1. The number of anilines is 1. The molecule has 2 heterocycles. The lowest BCUT2D eigenvalue weighted by Gasteiger charge is -2.25. The van der Waals surface area contributed by atoms with Gasteiger partial charge in [-0.3, -0.25) is 0 Å². The van der Waals surface area contributed by atoms with E-state index >= 15 is 0 Å². The number of para-hydroxylation sites is 1. The lowest BCUT2D eigenvalue weighted by atomic mass is 10.2. The van der Waals surface area contributed by atoms with Gasteiger partial charge in [-0.2, -0.15) is 0 Å². The van der Waals surface area contributed by atoms with E-state index in [2.05, 4.69) is 23.5 Å². The number of fused-ring (bicyclic) bond motifs is 1. The third-order valence-electron chi connectivity index (χ3n) is 3.78. The van der Waals surface area contributed by atoms with Crippen molar-refractivity contribution in [2.24, 2.45) is 0 Å². The van der Waals surface area contributed by atoms with Gasteiger partial charge in [0.15, 0.2) is 0 Å². The van der Waals surface area contributed by atoms with E-state index in [4.69, 9.17) is 9.47 Å². The molecule has 2 aliphatic rings. The minimum Gasteiger partial charge on any atom is -0.490 e. The fourth-order valence-corrected chi connectivity index (χ4v) is 5.56. The molecule has 119 valence electrons. The summed E-state index contributed by atoms with van der Waals surface area (Å²) in [5.41, 5.74) is 0.642. The van der Waals surface area contributed by atoms with Crippen molar-refractivity contribution in [3.05, 3.63) is 18.2 Å². The predicted octanol–water partition coefficient (Wildman–Crippen LogP) is 1.98. The van der Waals surface area contributed by atoms with E-state index < -0.39 is 14.4 Å². The Kier molecular flexibility index (Phi) is 4.03. The summed E-state index contributed by atoms with van der Waals surface area (Å²) in [4.78, 5) is 14.0. The molecule has 1 aromatic rings. The van der Waals surface area contributed by atoms with Crippen molar-refractivity contribution in [1.82, 2.24) is 4.90 Å². The molecule has 1 saturated heterocycles. The number of amides is 1. The van der Waals surface area contributed by atoms with Crippen LogP contribution in [0, 0.1) is 0 Å². The van der Waals surface area contributed by atoms with Gasteiger partial charge in [0.1, 0.15) is 26.8 Å². The molecule has 1 fully saturated rings. The average Bonchev–Trinajstić information content (AvgIpc) is 2.94. The number of ether oxygens (including phenoxy) is 2. The van der Waals surface area contributed by atoms with Gasteiger partial charge in [-0.05, 0) is 38.1 Å². The largest absolute Gasteiger partial charge is 0.490 e. The first-order valence-electron chi connectivity index (χ1n) is 7.77. The molecule has 0 aliphatic carbocycles. The molecule has 0 saturated carbocycles. The summed E-state index contributed by atoms with van der Waals surface area (Å²) in [5, 5.41) is 4.67. The number of carbonyl (C=O) groups is 1. The van der Waals surface area contributed by atoms with Gasteiger partial charge < -0.3 is 19.7 Å². The second-order valence-corrected chi connectivity index (χ2v) is 9.27. The second kappa shape index (κ2) is 5.83. The van der Waals surface area contributed by atoms with Crippen molar-refractivity contribution in [3.8, 4) is 5.75 Å². The molecule has 1 amide bonds. The fraction of sp³-hybridized carbons (Fsp3) is 0.562. The van der Waals surface area contributed by atoms with Gasteiger partial charge in [0.2, 0.25) is 0 Å². The van der Waals surface area contributed by atoms with Crippen LogP contribution >= 0.6 is 0 Å². The van der Waals surface area contributed by atoms with Crippen molar-refractivity contribution < 1.29 is 14.3 Å². The van der Waals surface area contributed by atoms with Crippen LogP contribution in [0.1, 0.15) is 20.8 Å². The fourth-order valence-electron chi connectivity index (χ4n) is 2.81. The van der Waals surface area contributed by atoms with E-state index in [9.17, 15) is 4.79 Å². The van der Waals surface area contributed by atoms with Crippen molar-refractivity contribution >= 4 is 25.8 Å². The van der Waals surface area contributed by atoms with Crippen LogP contribution in [0.25, 0.3) is 0 Å². The number of nitrogens with zero attached hydrogens (tertiary/aromatic N) is 1. The van der Waals surface area contributed by atoms with Crippen LogP contribution in [-0.4, -0.2) is 51.3 Å². The first-order chi connectivity index (χ1) is 10.4. The molecule has 1 radical (unpaired) electrons. The van der Waals surface area contributed by atoms with E-state index in [1.807, 2.05) is 25.7 Å². The molecule has 0 atom stereocenters. The standard InChI is InChI=1S/C16H23N2O3Si/c1-16(2,3)21-15(19)18-8-10-22(11-18)13-6-4-5-12-14(13)20-9-7-17-12/h4-6,17H,7-11H2,1-3H3. The first-order valence-corrected chi connectivity index (χ1v) is 9.68. The van der Waals surface area contributed by atoms with Crippen LogP contribution in [0.15, 0.2) is 18.2 Å². The molecule has 22 heavy (non-hydrogen) atoms. The SMILES string of the molecule is CC(C)(C)OC(=O)N1CC[Si](c2cccc3c2OCCN3)C1. The lowest BCUT2D eigenvalue weighted by Crippen LogP contribution is -2.40. The molecule has 5 nitrogen and oxygen atoms in total. The number of hydrogen-bond acceptors (Lipinski definition) is 4. The van der Waals surface area contributed by atoms with Gasteiger partial charge >= 0.3 is 6.09 Å². The van der Waals surface area contributed by atoms with Crippen LogP contribution in [-0.2, 0) is 4.74 Å². The van der Waals surface area contributed by atoms with Gasteiger partial charge in [0.25, 0.3) is 0 Å². The Morgan fingerprint density at radius 3 is 3.00 bits per heavy atom. The summed E-state index contributed by atoms with van der Waals surface area (Å²) in [6, 6.07) is 7.33. The summed E-state index contributed by atoms with van der Waals surface area (Å²) >= 11 is 0. The number of benzene rings is 1. The minimum atomic E-state index is -0.817. The lowest BCUT2D eigenvalue weighted by molar-refractivity contribution is 0.0305. The topological polar surface area (TPSA) is 50.8 Å². The van der Waals surface area contributed by atoms with Crippen LogP contribution < -0.4 is 15.2 Å². The third-order valence-corrected chi connectivity index (χ3v) is 6.52. The maximum absolute atomic E-state index is 12.2. The van der Waals surface area contributed by atoms with Gasteiger partial charge in [0.05, 0.1) is 5.69 Å². The Morgan fingerprint density at radius 1 is 1.41 bits per heavy atom. The van der Waals surface area contributed by atoms with Crippen LogP contribution in [0.3, 0.4) is 0 Å². The molecular formula is C16H23N2O3Si. The summed E-state index contributed by atoms with van der Waals surface area (Å²) in [5.74, 6) is 0.994. The van der Waals surface area contributed by atoms with Crippen LogP contribution in [0.4, 0.5) is 10.5 Å². The molecule has 0 bridgehead atoms. The molecule has 1 aromatic carbocycles. The van der Waals surface area contributed by atoms with Crippen molar-refractivity contribution in [2.45, 2.75) is 32.4 Å². The first kappa shape index (κ1) is 15.2. The monoisotopic (exact) mass is 319 g/mol. The molecule has 6 heteroatoms. The Bertz CT molecular complexity index is 571. The Morgan fingerprint density at radius 2 is 2.23 bits per heavy atom. The van der Waals surface area contributed by atoms with E-state index in [1.165, 1.54) is 5.19 Å². The minimum absolute atomic E-state index is 0.198. The zero-order valence-electron chi connectivity index (χ0n) is 13.4. The maximum atomic E-state index is 12.2. The summed E-state index contributed by atoms with van der Waals surface area (Å²) in [7, 11) is -0.817.